The molecule has 31 heavy (non-hydrogen) atoms. The second-order valence-corrected chi connectivity index (χ2v) is 9.58. The lowest BCUT2D eigenvalue weighted by atomic mass is 9.82. The molecule has 3 aliphatic heterocycles. The van der Waals surface area contributed by atoms with Gasteiger partial charge in [0, 0.05) is 72.7 Å². The lowest BCUT2D eigenvalue weighted by Gasteiger charge is -2.32. The van der Waals surface area contributed by atoms with Gasteiger partial charge in [0.2, 0.25) is 11.8 Å². The average Bonchev–Trinajstić information content (AvgIpc) is 3.46. The third-order valence-electron chi connectivity index (χ3n) is 7.19. The first-order chi connectivity index (χ1) is 15.0. The SMILES string of the molecule is O=C(/C=C/c1ccc(Cl)cc1F)N1C[C@@H]2CN(C(=O)C3CCC4NNNC4C3)C[C@H]2C1. The van der Waals surface area contributed by atoms with Gasteiger partial charge in [0.25, 0.3) is 0 Å². The van der Waals surface area contributed by atoms with Gasteiger partial charge in [-0.2, -0.15) is 5.53 Å². The summed E-state index contributed by atoms with van der Waals surface area (Å²) in [4.78, 5) is 29.5. The van der Waals surface area contributed by atoms with Crippen LogP contribution in [0.2, 0.25) is 5.02 Å². The summed E-state index contributed by atoms with van der Waals surface area (Å²) in [5.74, 6) is 0.405. The highest BCUT2D eigenvalue weighted by Crippen LogP contribution is 2.34. The fourth-order valence-electron chi connectivity index (χ4n) is 5.47. The number of hydrazine groups is 2. The van der Waals surface area contributed by atoms with Gasteiger partial charge in [0.1, 0.15) is 5.82 Å². The number of hydrogen-bond donors (Lipinski definition) is 3. The van der Waals surface area contributed by atoms with Crippen LogP contribution in [0.25, 0.3) is 6.08 Å². The highest BCUT2D eigenvalue weighted by molar-refractivity contribution is 6.30. The maximum absolute atomic E-state index is 13.9. The van der Waals surface area contributed by atoms with Crippen molar-refractivity contribution < 1.29 is 14.0 Å². The van der Waals surface area contributed by atoms with Crippen molar-refractivity contribution in [3.8, 4) is 0 Å². The molecule has 5 rings (SSSR count). The Labute approximate surface area is 185 Å². The number of nitrogens with zero attached hydrogens (tertiary/aromatic N) is 2. The van der Waals surface area contributed by atoms with Crippen LogP contribution in [0.3, 0.4) is 0 Å². The molecule has 0 radical (unpaired) electrons. The largest absolute Gasteiger partial charge is 0.342 e. The van der Waals surface area contributed by atoms with Crippen LogP contribution in [0, 0.1) is 23.6 Å². The van der Waals surface area contributed by atoms with Gasteiger partial charge >= 0.3 is 0 Å². The van der Waals surface area contributed by atoms with Crippen LogP contribution < -0.4 is 16.4 Å². The number of likely N-dealkylation sites (tertiary alicyclic amines) is 2. The molecule has 3 heterocycles. The summed E-state index contributed by atoms with van der Waals surface area (Å²) < 4.78 is 13.9. The van der Waals surface area contributed by atoms with Gasteiger partial charge in [-0.25, -0.2) is 15.2 Å². The molecule has 4 aliphatic rings. The first-order valence-electron chi connectivity index (χ1n) is 10.9. The number of nitrogens with one attached hydrogen (secondary N) is 3. The monoisotopic (exact) mass is 447 g/mol. The Morgan fingerprint density at radius 3 is 2.48 bits per heavy atom. The standard InChI is InChI=1S/C22H27ClFN5O2/c23-17-4-1-13(18(24)8-17)3-6-21(30)28-9-15-11-29(12-16(15)10-28)22(31)14-2-5-19-20(7-14)26-27-25-19/h1,3-4,6,8,14-16,19-20,25-27H,2,5,7,9-12H2/b6-3+/t14?,15-,16-,19?,20?/m1/s1. The summed E-state index contributed by atoms with van der Waals surface area (Å²) >= 11 is 5.77. The number of carbonyl (C=O) groups excluding carboxylic acids is 2. The van der Waals surface area contributed by atoms with Crippen molar-refractivity contribution in [2.45, 2.75) is 31.3 Å². The molecule has 0 spiro atoms. The van der Waals surface area contributed by atoms with Crippen molar-refractivity contribution in [1.82, 2.24) is 26.2 Å². The summed E-state index contributed by atoms with van der Waals surface area (Å²) in [6.07, 6.45) is 5.68. The Balaban J connectivity index is 1.14. The summed E-state index contributed by atoms with van der Waals surface area (Å²) in [6, 6.07) is 5.10. The van der Waals surface area contributed by atoms with E-state index in [-0.39, 0.29) is 17.7 Å². The summed E-state index contributed by atoms with van der Waals surface area (Å²) in [6.45, 7) is 2.73. The molecule has 5 atom stereocenters. The van der Waals surface area contributed by atoms with E-state index in [0.29, 0.717) is 47.6 Å². The van der Waals surface area contributed by atoms with Gasteiger partial charge in [-0.05, 0) is 37.5 Å². The van der Waals surface area contributed by atoms with Crippen molar-refractivity contribution >= 4 is 29.5 Å². The third-order valence-corrected chi connectivity index (χ3v) is 7.43. The Bertz CT molecular complexity index is 898. The van der Waals surface area contributed by atoms with Crippen LogP contribution in [0.15, 0.2) is 24.3 Å². The van der Waals surface area contributed by atoms with Gasteiger partial charge in [-0.15, -0.1) is 0 Å². The molecule has 9 heteroatoms. The number of halogens is 2. The fourth-order valence-corrected chi connectivity index (χ4v) is 5.63. The molecule has 1 saturated carbocycles. The molecule has 3 N–H and O–H groups in total. The Hall–Kier alpha value is -2.00. The zero-order valence-corrected chi connectivity index (χ0v) is 17.9. The average molecular weight is 448 g/mol. The molecule has 3 saturated heterocycles. The topological polar surface area (TPSA) is 76.7 Å². The zero-order valence-electron chi connectivity index (χ0n) is 17.2. The Morgan fingerprint density at radius 2 is 1.74 bits per heavy atom. The van der Waals surface area contributed by atoms with E-state index in [1.54, 1.807) is 12.1 Å². The van der Waals surface area contributed by atoms with E-state index in [0.717, 1.165) is 32.4 Å². The predicted octanol–water partition coefficient (Wildman–Crippen LogP) is 1.56. The molecule has 1 aromatic carbocycles. The number of benzene rings is 1. The molecule has 7 nitrogen and oxygen atoms in total. The van der Waals surface area contributed by atoms with Crippen LogP contribution in [0.5, 0.6) is 0 Å². The van der Waals surface area contributed by atoms with Crippen LogP contribution in [0.1, 0.15) is 24.8 Å². The Kier molecular flexibility index (Phi) is 5.73. The molecule has 0 bridgehead atoms. The normalized spacial score (nSPS) is 32.5. The number of amides is 2. The highest BCUT2D eigenvalue weighted by Gasteiger charge is 2.45. The first kappa shape index (κ1) is 20.9. The minimum absolute atomic E-state index is 0.0733. The number of hydrogen-bond acceptors (Lipinski definition) is 5. The van der Waals surface area contributed by atoms with E-state index in [2.05, 4.69) is 16.4 Å². The van der Waals surface area contributed by atoms with Crippen molar-refractivity contribution in [2.24, 2.45) is 17.8 Å². The minimum Gasteiger partial charge on any atom is -0.342 e. The number of rotatable bonds is 3. The number of fused-ring (bicyclic) bond motifs is 2. The van der Waals surface area contributed by atoms with Gasteiger partial charge in [-0.3, -0.25) is 9.59 Å². The van der Waals surface area contributed by atoms with Gasteiger partial charge in [-0.1, -0.05) is 17.7 Å². The third kappa shape index (κ3) is 4.22. The predicted molar refractivity (Wildman–Crippen MR) is 115 cm³/mol. The summed E-state index contributed by atoms with van der Waals surface area (Å²) in [7, 11) is 0. The molecule has 2 amide bonds. The summed E-state index contributed by atoms with van der Waals surface area (Å²) in [5.41, 5.74) is 9.73. The molecule has 1 aromatic rings. The summed E-state index contributed by atoms with van der Waals surface area (Å²) in [5, 5.41) is 0.327. The van der Waals surface area contributed by atoms with Crippen LogP contribution in [-0.4, -0.2) is 59.9 Å². The molecule has 4 fully saturated rings. The van der Waals surface area contributed by atoms with E-state index in [9.17, 15) is 14.0 Å². The molecule has 166 valence electrons. The van der Waals surface area contributed by atoms with E-state index in [1.807, 2.05) is 9.80 Å². The first-order valence-corrected chi connectivity index (χ1v) is 11.3. The van der Waals surface area contributed by atoms with Crippen LogP contribution >= 0.6 is 11.6 Å². The van der Waals surface area contributed by atoms with E-state index in [4.69, 9.17) is 11.6 Å². The van der Waals surface area contributed by atoms with Gasteiger partial charge in [0.15, 0.2) is 0 Å². The highest BCUT2D eigenvalue weighted by atomic mass is 35.5. The van der Waals surface area contributed by atoms with Gasteiger partial charge < -0.3 is 9.80 Å². The molecule has 3 unspecified atom stereocenters. The molecular formula is C22H27ClFN5O2. The molecule has 1 aliphatic carbocycles. The van der Waals surface area contributed by atoms with E-state index < -0.39 is 5.82 Å². The smallest absolute Gasteiger partial charge is 0.246 e. The second kappa shape index (κ2) is 8.50. The fraction of sp³-hybridized carbons (Fsp3) is 0.545. The van der Waals surface area contributed by atoms with Crippen LogP contribution in [-0.2, 0) is 9.59 Å². The van der Waals surface area contributed by atoms with Crippen molar-refractivity contribution in [1.29, 1.82) is 0 Å². The molecule has 0 aromatic heterocycles. The number of carbonyl (C=O) groups is 2. The van der Waals surface area contributed by atoms with Crippen molar-refractivity contribution in [2.75, 3.05) is 26.2 Å². The minimum atomic E-state index is -0.447. The molecular weight excluding hydrogens is 421 g/mol. The zero-order chi connectivity index (χ0) is 21.5. The lowest BCUT2D eigenvalue weighted by Crippen LogP contribution is -2.45. The van der Waals surface area contributed by atoms with Gasteiger partial charge in [0.05, 0.1) is 0 Å². The van der Waals surface area contributed by atoms with Crippen LogP contribution in [0.4, 0.5) is 4.39 Å². The Morgan fingerprint density at radius 1 is 1.03 bits per heavy atom. The van der Waals surface area contributed by atoms with E-state index in [1.165, 1.54) is 18.2 Å². The van der Waals surface area contributed by atoms with Crippen molar-refractivity contribution in [3.05, 3.63) is 40.7 Å². The van der Waals surface area contributed by atoms with Crippen molar-refractivity contribution in [3.63, 3.8) is 0 Å². The quantitative estimate of drug-likeness (QED) is 0.613. The second-order valence-electron chi connectivity index (χ2n) is 9.14. The lowest BCUT2D eigenvalue weighted by molar-refractivity contribution is -0.136. The van der Waals surface area contributed by atoms with E-state index >= 15 is 0 Å². The maximum Gasteiger partial charge on any atom is 0.246 e. The maximum atomic E-state index is 13.9.